The van der Waals surface area contributed by atoms with Gasteiger partial charge >= 0.3 is 0 Å². The van der Waals surface area contributed by atoms with Crippen LogP contribution in [0.5, 0.6) is 0 Å². The van der Waals surface area contributed by atoms with Crippen molar-refractivity contribution in [1.82, 2.24) is 0 Å². The summed E-state index contributed by atoms with van der Waals surface area (Å²) in [4.78, 5) is 12.2. The maximum atomic E-state index is 12.2. The number of ketones is 1. The summed E-state index contributed by atoms with van der Waals surface area (Å²) < 4.78 is 5.48. The van der Waals surface area contributed by atoms with Crippen LogP contribution in [0, 0.1) is 29.6 Å². The van der Waals surface area contributed by atoms with Crippen molar-refractivity contribution in [2.75, 3.05) is 6.61 Å². The minimum Gasteiger partial charge on any atom is -0.364 e. The molecule has 2 heteroatoms. The molecule has 0 aliphatic carbocycles. The zero-order valence-electron chi connectivity index (χ0n) is 14.5. The predicted molar refractivity (Wildman–Crippen MR) is 101 cm³/mol. The number of ether oxygens (including phenoxy) is 1. The van der Waals surface area contributed by atoms with E-state index in [-0.39, 0.29) is 11.7 Å². The molecule has 2 rings (SSSR count). The van der Waals surface area contributed by atoms with E-state index >= 15 is 0 Å². The highest BCUT2D eigenvalue weighted by Gasteiger charge is 2.13. The van der Waals surface area contributed by atoms with Gasteiger partial charge in [0.05, 0.1) is 13.0 Å². The number of hydrogen-bond acceptors (Lipinski definition) is 2. The lowest BCUT2D eigenvalue weighted by Gasteiger charge is -2.05. The quantitative estimate of drug-likeness (QED) is 0.442. The molecule has 0 aromatic heterocycles. The molecule has 2 aromatic carbocycles. The van der Waals surface area contributed by atoms with Crippen LogP contribution >= 0.6 is 0 Å². The Labute approximate surface area is 150 Å². The van der Waals surface area contributed by atoms with E-state index in [1.54, 1.807) is 0 Å². The molecule has 126 valence electrons. The summed E-state index contributed by atoms with van der Waals surface area (Å²) in [5, 5.41) is 0. The monoisotopic (exact) mass is 330 g/mol. The van der Waals surface area contributed by atoms with Gasteiger partial charge in [-0.3, -0.25) is 4.79 Å². The van der Waals surface area contributed by atoms with Crippen LogP contribution in [-0.4, -0.2) is 12.4 Å². The van der Waals surface area contributed by atoms with Gasteiger partial charge in [0.15, 0.2) is 5.78 Å². The molecule has 2 nitrogen and oxygen atoms in total. The molecular weight excluding hydrogens is 308 g/mol. The third kappa shape index (κ3) is 7.08. The summed E-state index contributed by atoms with van der Waals surface area (Å²) >= 11 is 0. The number of hydrogen-bond donors (Lipinski definition) is 0. The molecule has 0 radical (unpaired) electrons. The highest BCUT2D eigenvalue weighted by molar-refractivity contribution is 5.97. The standard InChI is InChI=1S/C23H22O2/c1-20(23(24)22-16-10-6-11-17-22)13-7-3-2-4-12-18-25-19-21-14-8-5-9-15-21/h5-6,8-11,14-17,20H,2,13,18-19H2,1H3. The molecule has 0 saturated heterocycles. The van der Waals surface area contributed by atoms with Crippen LogP contribution < -0.4 is 0 Å². The normalized spacial score (nSPS) is 10.8. The largest absolute Gasteiger partial charge is 0.364 e. The average Bonchev–Trinajstić information content (AvgIpc) is 2.67. The van der Waals surface area contributed by atoms with Gasteiger partial charge in [-0.25, -0.2) is 0 Å². The lowest BCUT2D eigenvalue weighted by atomic mass is 9.97. The zero-order chi connectivity index (χ0) is 17.7. The van der Waals surface area contributed by atoms with E-state index in [2.05, 4.69) is 23.7 Å². The fraction of sp³-hybridized carbons (Fsp3) is 0.261. The van der Waals surface area contributed by atoms with Crippen molar-refractivity contribution in [2.24, 2.45) is 5.92 Å². The molecule has 0 heterocycles. The first-order valence-corrected chi connectivity index (χ1v) is 8.39. The van der Waals surface area contributed by atoms with Crippen molar-refractivity contribution in [1.29, 1.82) is 0 Å². The van der Waals surface area contributed by atoms with Crippen molar-refractivity contribution in [3.05, 3.63) is 71.8 Å². The van der Waals surface area contributed by atoms with E-state index in [1.807, 2.05) is 67.6 Å². The van der Waals surface area contributed by atoms with Gasteiger partial charge in [0.25, 0.3) is 0 Å². The van der Waals surface area contributed by atoms with Gasteiger partial charge < -0.3 is 4.74 Å². The van der Waals surface area contributed by atoms with Crippen LogP contribution in [0.4, 0.5) is 0 Å². The summed E-state index contributed by atoms with van der Waals surface area (Å²) in [6.45, 7) is 2.88. The molecule has 0 bridgehead atoms. The van der Waals surface area contributed by atoms with Crippen LogP contribution in [0.2, 0.25) is 0 Å². The Balaban J connectivity index is 1.63. The summed E-state index contributed by atoms with van der Waals surface area (Å²) in [7, 11) is 0. The number of carbonyl (C=O) groups excluding carboxylic acids is 1. The highest BCUT2D eigenvalue weighted by atomic mass is 16.5. The number of rotatable bonds is 6. The van der Waals surface area contributed by atoms with Gasteiger partial charge in [-0.15, -0.1) is 5.92 Å². The lowest BCUT2D eigenvalue weighted by molar-refractivity contribution is 0.0932. The smallest absolute Gasteiger partial charge is 0.166 e. The Morgan fingerprint density at radius 1 is 0.920 bits per heavy atom. The molecule has 25 heavy (non-hydrogen) atoms. The minimum absolute atomic E-state index is 0.0999. The molecule has 0 N–H and O–H groups in total. The van der Waals surface area contributed by atoms with Crippen molar-refractivity contribution in [3.63, 3.8) is 0 Å². The van der Waals surface area contributed by atoms with Crippen molar-refractivity contribution >= 4 is 5.78 Å². The van der Waals surface area contributed by atoms with Crippen molar-refractivity contribution in [2.45, 2.75) is 26.4 Å². The van der Waals surface area contributed by atoms with E-state index in [0.717, 1.165) is 11.1 Å². The number of carbonyl (C=O) groups is 1. The topological polar surface area (TPSA) is 26.3 Å². The fourth-order valence-corrected chi connectivity index (χ4v) is 2.22. The molecule has 1 atom stereocenters. The summed E-state index contributed by atoms with van der Waals surface area (Å²) in [6, 6.07) is 19.4. The highest BCUT2D eigenvalue weighted by Crippen LogP contribution is 2.11. The SMILES string of the molecule is CC(CC#CCC#CCOCc1ccccc1)C(=O)c1ccccc1. The zero-order valence-corrected chi connectivity index (χ0v) is 14.5. The van der Waals surface area contributed by atoms with E-state index in [1.165, 1.54) is 0 Å². The Hall–Kier alpha value is -2.81. The lowest BCUT2D eigenvalue weighted by Crippen LogP contribution is -2.10. The van der Waals surface area contributed by atoms with Gasteiger partial charge in [0.1, 0.15) is 6.61 Å². The molecule has 0 fully saturated rings. The minimum atomic E-state index is -0.0999. The average molecular weight is 330 g/mol. The fourth-order valence-electron chi connectivity index (χ4n) is 2.22. The molecule has 0 aliphatic heterocycles. The van der Waals surface area contributed by atoms with Gasteiger partial charge in [0.2, 0.25) is 0 Å². The molecule has 0 amide bonds. The van der Waals surface area contributed by atoms with E-state index in [0.29, 0.717) is 26.1 Å². The van der Waals surface area contributed by atoms with Crippen molar-refractivity contribution < 1.29 is 9.53 Å². The van der Waals surface area contributed by atoms with Crippen LogP contribution in [0.15, 0.2) is 60.7 Å². The third-order valence-electron chi connectivity index (χ3n) is 3.63. The second kappa shape index (κ2) is 10.9. The van der Waals surface area contributed by atoms with Gasteiger partial charge in [0, 0.05) is 17.9 Å². The second-order valence-electron chi connectivity index (χ2n) is 5.70. The maximum absolute atomic E-state index is 12.2. The van der Waals surface area contributed by atoms with Gasteiger partial charge in [-0.05, 0) is 5.56 Å². The number of benzene rings is 2. The maximum Gasteiger partial charge on any atom is 0.166 e. The Bertz CT molecular complexity index is 771. The van der Waals surface area contributed by atoms with Crippen LogP contribution in [0.1, 0.15) is 35.7 Å². The summed E-state index contributed by atoms with van der Waals surface area (Å²) in [5.41, 5.74) is 1.88. The summed E-state index contributed by atoms with van der Waals surface area (Å²) in [6.07, 6.45) is 1.06. The summed E-state index contributed by atoms with van der Waals surface area (Å²) in [5.74, 6) is 12.0. The Morgan fingerprint density at radius 2 is 1.56 bits per heavy atom. The Morgan fingerprint density at radius 3 is 2.28 bits per heavy atom. The molecular formula is C23H22O2. The van der Waals surface area contributed by atoms with E-state index in [4.69, 9.17) is 4.74 Å². The van der Waals surface area contributed by atoms with Crippen LogP contribution in [0.25, 0.3) is 0 Å². The molecule has 1 unspecified atom stereocenters. The Kier molecular flexibility index (Phi) is 8.06. The van der Waals surface area contributed by atoms with E-state index < -0.39 is 0 Å². The van der Waals surface area contributed by atoms with E-state index in [9.17, 15) is 4.79 Å². The van der Waals surface area contributed by atoms with Crippen LogP contribution in [-0.2, 0) is 11.3 Å². The van der Waals surface area contributed by atoms with Gasteiger partial charge in [-0.1, -0.05) is 85.3 Å². The van der Waals surface area contributed by atoms with Crippen LogP contribution in [0.3, 0.4) is 0 Å². The predicted octanol–water partition coefficient (Wildman–Crippen LogP) is 4.51. The first-order valence-electron chi connectivity index (χ1n) is 8.39. The van der Waals surface area contributed by atoms with Crippen molar-refractivity contribution in [3.8, 4) is 23.7 Å². The molecule has 0 spiro atoms. The second-order valence-corrected chi connectivity index (χ2v) is 5.70. The molecule has 0 aliphatic rings. The first-order chi connectivity index (χ1) is 12.3. The van der Waals surface area contributed by atoms with Gasteiger partial charge in [-0.2, -0.15) is 0 Å². The molecule has 0 saturated carbocycles. The number of Topliss-reactive ketones (excluding diaryl/α,β-unsaturated/α-hetero) is 1. The molecule has 2 aromatic rings. The first kappa shape index (κ1) is 18.5. The third-order valence-corrected chi connectivity index (χ3v) is 3.63.